The van der Waals surface area contributed by atoms with Crippen LogP contribution in [0.25, 0.3) is 11.0 Å². The number of carbonyl (C=O) groups is 1. The number of carbonyl (C=O) groups excluding carboxylic acids is 1. The number of hydrogen-bond acceptors (Lipinski definition) is 4. The number of para-hydroxylation sites is 1. The highest BCUT2D eigenvalue weighted by Gasteiger charge is 2.36. The number of H-pyrrole nitrogens is 2. The van der Waals surface area contributed by atoms with E-state index in [0.717, 1.165) is 42.7 Å². The van der Waals surface area contributed by atoms with Gasteiger partial charge in [-0.3, -0.25) is 4.79 Å². The van der Waals surface area contributed by atoms with E-state index in [1.807, 2.05) is 23.1 Å². The zero-order valence-electron chi connectivity index (χ0n) is 14.5. The van der Waals surface area contributed by atoms with Crippen molar-refractivity contribution in [3.05, 3.63) is 28.7 Å². The average Bonchev–Trinajstić information content (AvgIpc) is 3.26. The Morgan fingerprint density at radius 2 is 2.04 bits per heavy atom. The predicted molar refractivity (Wildman–Crippen MR) is 95.9 cm³/mol. The summed E-state index contributed by atoms with van der Waals surface area (Å²) in [7, 11) is 0. The molecule has 1 aromatic heterocycles. The molecule has 7 nitrogen and oxygen atoms in total. The fourth-order valence-corrected chi connectivity index (χ4v) is 4.04. The van der Waals surface area contributed by atoms with Gasteiger partial charge in [-0.05, 0) is 25.0 Å². The fourth-order valence-electron chi connectivity index (χ4n) is 4.04. The molecule has 7 heteroatoms. The highest BCUT2D eigenvalue weighted by molar-refractivity contribution is 5.88. The second-order valence-electron chi connectivity index (χ2n) is 6.80. The fraction of sp³-hybridized carbons (Fsp3) is 0.556. The number of benzene rings is 1. The summed E-state index contributed by atoms with van der Waals surface area (Å²) in [6.45, 7) is 5.71. The topological polar surface area (TPSA) is 81.4 Å². The van der Waals surface area contributed by atoms with Crippen LogP contribution in [0, 0.1) is 5.92 Å². The van der Waals surface area contributed by atoms with E-state index in [0.29, 0.717) is 19.7 Å². The van der Waals surface area contributed by atoms with Gasteiger partial charge in [-0.15, -0.1) is 0 Å². The van der Waals surface area contributed by atoms with Crippen molar-refractivity contribution in [1.29, 1.82) is 0 Å². The van der Waals surface area contributed by atoms with Crippen LogP contribution >= 0.6 is 0 Å². The zero-order chi connectivity index (χ0) is 17.4. The monoisotopic (exact) mass is 344 g/mol. The molecule has 2 N–H and O–H groups in total. The Bertz CT molecular complexity index is 819. The van der Waals surface area contributed by atoms with Gasteiger partial charge in [-0.2, -0.15) is 0 Å². The van der Waals surface area contributed by atoms with Gasteiger partial charge in [0.1, 0.15) is 0 Å². The smallest absolute Gasteiger partial charge is 0.323 e. The predicted octanol–water partition coefficient (Wildman–Crippen LogP) is 1.32. The van der Waals surface area contributed by atoms with Crippen LogP contribution in [0.3, 0.4) is 0 Å². The van der Waals surface area contributed by atoms with Crippen LogP contribution < -0.4 is 10.6 Å². The first-order valence-corrected chi connectivity index (χ1v) is 9.03. The van der Waals surface area contributed by atoms with Gasteiger partial charge in [0.25, 0.3) is 0 Å². The molecule has 0 bridgehead atoms. The Kier molecular flexibility index (Phi) is 4.25. The molecule has 1 amide bonds. The molecule has 25 heavy (non-hydrogen) atoms. The normalized spacial score (nSPS) is 24.2. The molecule has 2 aliphatic rings. The lowest BCUT2D eigenvalue weighted by molar-refractivity contribution is -0.137. The number of imidazole rings is 1. The quantitative estimate of drug-likeness (QED) is 0.880. The molecule has 0 radical (unpaired) electrons. The van der Waals surface area contributed by atoms with Crippen LogP contribution in [0.5, 0.6) is 0 Å². The van der Waals surface area contributed by atoms with Gasteiger partial charge in [-0.25, -0.2) is 4.79 Å². The SMILES string of the molecule is CC[C@@H]1OCC[C@H]1C(=O)N1CCN(c2cccc3[nH]c(=O)[nH]c23)CC1. The third-order valence-corrected chi connectivity index (χ3v) is 5.39. The summed E-state index contributed by atoms with van der Waals surface area (Å²) in [5, 5.41) is 0. The van der Waals surface area contributed by atoms with Gasteiger partial charge >= 0.3 is 5.69 Å². The maximum Gasteiger partial charge on any atom is 0.323 e. The zero-order valence-corrected chi connectivity index (χ0v) is 14.5. The number of nitrogens with one attached hydrogen (secondary N) is 2. The number of nitrogens with zero attached hydrogens (tertiary/aromatic N) is 2. The van der Waals surface area contributed by atoms with Crippen LogP contribution in [0.4, 0.5) is 5.69 Å². The summed E-state index contributed by atoms with van der Waals surface area (Å²) in [5.41, 5.74) is 2.47. The van der Waals surface area contributed by atoms with E-state index in [1.165, 1.54) is 0 Å². The molecule has 134 valence electrons. The number of ether oxygens (including phenoxy) is 1. The molecule has 2 fully saturated rings. The number of rotatable bonds is 3. The standard InChI is InChI=1S/C18H24N4O3/c1-2-15-12(6-11-25-15)17(23)22-9-7-21(8-10-22)14-5-3-4-13-16(14)20-18(24)19-13/h3-5,12,15H,2,6-11H2,1H3,(H2,19,20,24)/t12-,15+/m1/s1. The summed E-state index contributed by atoms with van der Waals surface area (Å²) in [6.07, 6.45) is 1.80. The molecule has 2 aliphatic heterocycles. The van der Waals surface area contributed by atoms with Gasteiger partial charge < -0.3 is 24.5 Å². The number of piperazine rings is 1. The lowest BCUT2D eigenvalue weighted by Gasteiger charge is -2.37. The molecular formula is C18H24N4O3. The van der Waals surface area contributed by atoms with Crippen LogP contribution in [-0.2, 0) is 9.53 Å². The third kappa shape index (κ3) is 2.93. The largest absolute Gasteiger partial charge is 0.377 e. The first-order chi connectivity index (χ1) is 12.2. The van der Waals surface area contributed by atoms with Crippen molar-refractivity contribution in [1.82, 2.24) is 14.9 Å². The minimum absolute atomic E-state index is 0.0148. The highest BCUT2D eigenvalue weighted by atomic mass is 16.5. The number of hydrogen-bond donors (Lipinski definition) is 2. The highest BCUT2D eigenvalue weighted by Crippen LogP contribution is 2.28. The summed E-state index contributed by atoms with van der Waals surface area (Å²) in [4.78, 5) is 34.2. The van der Waals surface area contributed by atoms with Gasteiger partial charge in [0.2, 0.25) is 5.91 Å². The van der Waals surface area contributed by atoms with E-state index in [1.54, 1.807) is 0 Å². The van der Waals surface area contributed by atoms with Crippen LogP contribution in [0.15, 0.2) is 23.0 Å². The lowest BCUT2D eigenvalue weighted by Crippen LogP contribution is -2.51. The number of amides is 1. The van der Waals surface area contributed by atoms with Crippen molar-refractivity contribution in [2.75, 3.05) is 37.7 Å². The summed E-state index contributed by atoms with van der Waals surface area (Å²) in [5.74, 6) is 0.248. The van der Waals surface area contributed by atoms with Crippen LogP contribution in [0.2, 0.25) is 0 Å². The Balaban J connectivity index is 1.46. The second-order valence-corrected chi connectivity index (χ2v) is 6.80. The van der Waals surface area contributed by atoms with E-state index >= 15 is 0 Å². The Morgan fingerprint density at radius 3 is 2.80 bits per heavy atom. The van der Waals surface area contributed by atoms with E-state index in [9.17, 15) is 9.59 Å². The van der Waals surface area contributed by atoms with Gasteiger partial charge in [0, 0.05) is 32.8 Å². The number of fused-ring (bicyclic) bond motifs is 1. The minimum Gasteiger partial charge on any atom is -0.377 e. The minimum atomic E-state index is -0.192. The number of aromatic nitrogens is 2. The molecule has 0 spiro atoms. The van der Waals surface area contributed by atoms with Gasteiger partial charge in [-0.1, -0.05) is 13.0 Å². The van der Waals surface area contributed by atoms with Crippen molar-refractivity contribution in [2.45, 2.75) is 25.9 Å². The van der Waals surface area contributed by atoms with Crippen molar-refractivity contribution in [3.8, 4) is 0 Å². The van der Waals surface area contributed by atoms with E-state index in [2.05, 4.69) is 21.8 Å². The number of anilines is 1. The second kappa shape index (κ2) is 6.55. The van der Waals surface area contributed by atoms with Gasteiger partial charge in [0.05, 0.1) is 28.7 Å². The maximum atomic E-state index is 12.8. The van der Waals surface area contributed by atoms with Crippen molar-refractivity contribution >= 4 is 22.6 Å². The summed E-state index contributed by atoms with van der Waals surface area (Å²) >= 11 is 0. The summed E-state index contributed by atoms with van der Waals surface area (Å²) < 4.78 is 5.67. The third-order valence-electron chi connectivity index (χ3n) is 5.39. The first-order valence-electron chi connectivity index (χ1n) is 9.03. The molecule has 2 saturated heterocycles. The van der Waals surface area contributed by atoms with Crippen molar-refractivity contribution in [2.24, 2.45) is 5.92 Å². The van der Waals surface area contributed by atoms with E-state index < -0.39 is 0 Å². The van der Waals surface area contributed by atoms with E-state index in [4.69, 9.17) is 4.74 Å². The average molecular weight is 344 g/mol. The summed E-state index contributed by atoms with van der Waals surface area (Å²) in [6, 6.07) is 5.85. The Hall–Kier alpha value is -2.28. The molecular weight excluding hydrogens is 320 g/mol. The molecule has 2 aromatic rings. The van der Waals surface area contributed by atoms with Crippen molar-refractivity contribution < 1.29 is 9.53 Å². The Labute approximate surface area is 146 Å². The molecule has 0 unspecified atom stereocenters. The molecule has 1 aromatic carbocycles. The van der Waals surface area contributed by atoms with Crippen LogP contribution in [-0.4, -0.2) is 59.7 Å². The van der Waals surface area contributed by atoms with Gasteiger partial charge in [0.15, 0.2) is 0 Å². The molecule has 0 saturated carbocycles. The Morgan fingerprint density at radius 1 is 1.24 bits per heavy atom. The van der Waals surface area contributed by atoms with E-state index in [-0.39, 0.29) is 23.6 Å². The maximum absolute atomic E-state index is 12.8. The molecule has 3 heterocycles. The van der Waals surface area contributed by atoms with Crippen molar-refractivity contribution in [3.63, 3.8) is 0 Å². The van der Waals surface area contributed by atoms with Crippen LogP contribution in [0.1, 0.15) is 19.8 Å². The first kappa shape index (κ1) is 16.2. The molecule has 0 aliphatic carbocycles. The lowest BCUT2D eigenvalue weighted by atomic mass is 9.97. The molecule has 2 atom stereocenters. The number of aromatic amines is 2. The molecule has 4 rings (SSSR count).